The summed E-state index contributed by atoms with van der Waals surface area (Å²) in [6.45, 7) is 4.98. The van der Waals surface area contributed by atoms with Crippen molar-refractivity contribution in [1.29, 1.82) is 0 Å². The molecule has 2 aromatic rings. The van der Waals surface area contributed by atoms with Crippen LogP contribution in [0.1, 0.15) is 20.8 Å². The molecule has 0 saturated heterocycles. The van der Waals surface area contributed by atoms with Crippen molar-refractivity contribution in [3.05, 3.63) is 54.6 Å². The SMILES string of the molecule is CC(C)(C)NC(=O)COC(=O)COc1ccc(Nc2ccccc2)cc1. The second-order valence-electron chi connectivity index (χ2n) is 6.76. The van der Waals surface area contributed by atoms with Crippen LogP contribution < -0.4 is 15.4 Å². The highest BCUT2D eigenvalue weighted by Crippen LogP contribution is 2.19. The fourth-order valence-corrected chi connectivity index (χ4v) is 2.11. The molecule has 26 heavy (non-hydrogen) atoms. The minimum atomic E-state index is -0.597. The van der Waals surface area contributed by atoms with Crippen molar-refractivity contribution in [1.82, 2.24) is 5.32 Å². The van der Waals surface area contributed by atoms with Crippen LogP contribution in [0.2, 0.25) is 0 Å². The smallest absolute Gasteiger partial charge is 0.344 e. The van der Waals surface area contributed by atoms with Crippen LogP contribution in [0.3, 0.4) is 0 Å². The molecule has 0 saturated carbocycles. The highest BCUT2D eigenvalue weighted by atomic mass is 16.6. The van der Waals surface area contributed by atoms with Crippen molar-refractivity contribution >= 4 is 23.3 Å². The molecule has 6 nitrogen and oxygen atoms in total. The highest BCUT2D eigenvalue weighted by Gasteiger charge is 2.15. The van der Waals surface area contributed by atoms with E-state index >= 15 is 0 Å². The molecular formula is C20H24N2O4. The van der Waals surface area contributed by atoms with Gasteiger partial charge in [-0.3, -0.25) is 4.79 Å². The first-order valence-electron chi connectivity index (χ1n) is 8.33. The highest BCUT2D eigenvalue weighted by molar-refractivity contribution is 5.81. The van der Waals surface area contributed by atoms with Crippen molar-refractivity contribution in [3.8, 4) is 5.75 Å². The molecule has 0 spiro atoms. The predicted molar refractivity (Wildman–Crippen MR) is 101 cm³/mol. The third-order valence-corrected chi connectivity index (χ3v) is 3.15. The van der Waals surface area contributed by atoms with Gasteiger partial charge in [0.1, 0.15) is 5.75 Å². The molecule has 0 aliphatic heterocycles. The molecule has 2 rings (SSSR count). The van der Waals surface area contributed by atoms with Crippen LogP contribution in [-0.4, -0.2) is 30.6 Å². The largest absolute Gasteiger partial charge is 0.482 e. The summed E-state index contributed by atoms with van der Waals surface area (Å²) in [5.74, 6) is -0.401. The maximum absolute atomic E-state index is 11.7. The fraction of sp³-hybridized carbons (Fsp3) is 0.300. The van der Waals surface area contributed by atoms with E-state index in [1.807, 2.05) is 63.2 Å². The number of ether oxygens (including phenoxy) is 2. The Bertz CT molecular complexity index is 722. The summed E-state index contributed by atoms with van der Waals surface area (Å²) in [5.41, 5.74) is 1.53. The van der Waals surface area contributed by atoms with Crippen LogP contribution >= 0.6 is 0 Å². The van der Waals surface area contributed by atoms with Gasteiger partial charge in [0, 0.05) is 16.9 Å². The maximum Gasteiger partial charge on any atom is 0.344 e. The van der Waals surface area contributed by atoms with E-state index in [2.05, 4.69) is 10.6 Å². The van der Waals surface area contributed by atoms with E-state index in [4.69, 9.17) is 9.47 Å². The summed E-state index contributed by atoms with van der Waals surface area (Å²) in [4.78, 5) is 23.2. The topological polar surface area (TPSA) is 76.7 Å². The Morgan fingerprint density at radius 3 is 2.12 bits per heavy atom. The number of carbonyl (C=O) groups is 2. The molecule has 1 amide bonds. The molecule has 0 radical (unpaired) electrons. The van der Waals surface area contributed by atoms with Crippen molar-refractivity contribution in [2.45, 2.75) is 26.3 Å². The predicted octanol–water partition coefficient (Wildman–Crippen LogP) is 3.27. The Kier molecular flexibility index (Phi) is 6.60. The van der Waals surface area contributed by atoms with Crippen LogP contribution in [0.25, 0.3) is 0 Å². The number of carbonyl (C=O) groups excluding carboxylic acids is 2. The van der Waals surface area contributed by atoms with Gasteiger partial charge in [-0.05, 0) is 57.2 Å². The zero-order valence-electron chi connectivity index (χ0n) is 15.2. The average molecular weight is 356 g/mol. The summed E-state index contributed by atoms with van der Waals surface area (Å²) < 4.78 is 10.3. The number of para-hydroxylation sites is 1. The molecule has 0 bridgehead atoms. The normalized spacial score (nSPS) is 10.7. The van der Waals surface area contributed by atoms with E-state index in [1.165, 1.54) is 0 Å². The van der Waals surface area contributed by atoms with E-state index in [-0.39, 0.29) is 24.7 Å². The van der Waals surface area contributed by atoms with Crippen molar-refractivity contribution < 1.29 is 19.1 Å². The lowest BCUT2D eigenvalue weighted by molar-refractivity contribution is -0.150. The standard InChI is InChI=1S/C20H24N2O4/c1-20(2,3)22-18(23)13-26-19(24)14-25-17-11-9-16(10-12-17)21-15-7-5-4-6-8-15/h4-12,21H,13-14H2,1-3H3,(H,22,23). The molecule has 0 aromatic heterocycles. The van der Waals surface area contributed by atoms with Crippen LogP contribution in [0, 0.1) is 0 Å². The second kappa shape index (κ2) is 8.89. The average Bonchev–Trinajstić information content (AvgIpc) is 2.59. The Morgan fingerprint density at radius 2 is 1.50 bits per heavy atom. The number of amides is 1. The number of anilines is 2. The lowest BCUT2D eigenvalue weighted by Gasteiger charge is -2.20. The molecule has 0 atom stereocenters. The zero-order chi connectivity index (χ0) is 19.0. The van der Waals surface area contributed by atoms with Gasteiger partial charge in [-0.25, -0.2) is 4.79 Å². The molecule has 0 aliphatic carbocycles. The minimum Gasteiger partial charge on any atom is -0.482 e. The molecule has 0 heterocycles. The molecule has 0 aliphatic rings. The van der Waals surface area contributed by atoms with Gasteiger partial charge in [0.05, 0.1) is 0 Å². The third kappa shape index (κ3) is 7.25. The summed E-state index contributed by atoms with van der Waals surface area (Å²) in [6.07, 6.45) is 0. The first kappa shape index (κ1) is 19.3. The van der Waals surface area contributed by atoms with Crippen molar-refractivity contribution in [2.24, 2.45) is 0 Å². The lowest BCUT2D eigenvalue weighted by atomic mass is 10.1. The van der Waals surface area contributed by atoms with E-state index in [0.29, 0.717) is 5.75 Å². The molecule has 0 unspecified atom stereocenters. The summed E-state index contributed by atoms with van der Waals surface area (Å²) >= 11 is 0. The van der Waals surface area contributed by atoms with Crippen LogP contribution in [0.5, 0.6) is 5.75 Å². The molecule has 0 fully saturated rings. The van der Waals surface area contributed by atoms with Gasteiger partial charge >= 0.3 is 5.97 Å². The van der Waals surface area contributed by atoms with Gasteiger partial charge in [-0.2, -0.15) is 0 Å². The molecule has 2 aromatic carbocycles. The summed E-state index contributed by atoms with van der Waals surface area (Å²) in [7, 11) is 0. The van der Waals surface area contributed by atoms with Gasteiger partial charge in [-0.1, -0.05) is 18.2 Å². The molecule has 2 N–H and O–H groups in total. The fourth-order valence-electron chi connectivity index (χ4n) is 2.11. The quantitative estimate of drug-likeness (QED) is 0.745. The number of hydrogen-bond donors (Lipinski definition) is 2. The number of hydrogen-bond acceptors (Lipinski definition) is 5. The van der Waals surface area contributed by atoms with Gasteiger partial charge in [-0.15, -0.1) is 0 Å². The Balaban J connectivity index is 1.73. The number of nitrogens with one attached hydrogen (secondary N) is 2. The maximum atomic E-state index is 11.7. The zero-order valence-corrected chi connectivity index (χ0v) is 15.2. The molecular weight excluding hydrogens is 332 g/mol. The Labute approximate surface area is 153 Å². The number of esters is 1. The van der Waals surface area contributed by atoms with Crippen molar-refractivity contribution in [3.63, 3.8) is 0 Å². The number of benzene rings is 2. The first-order chi connectivity index (χ1) is 12.3. The van der Waals surface area contributed by atoms with Gasteiger partial charge in [0.15, 0.2) is 13.2 Å². The second-order valence-corrected chi connectivity index (χ2v) is 6.76. The van der Waals surface area contributed by atoms with E-state index in [0.717, 1.165) is 11.4 Å². The Morgan fingerprint density at radius 1 is 0.885 bits per heavy atom. The molecule has 138 valence electrons. The van der Waals surface area contributed by atoms with Crippen LogP contribution in [0.4, 0.5) is 11.4 Å². The van der Waals surface area contributed by atoms with Gasteiger partial charge < -0.3 is 20.1 Å². The summed E-state index contributed by atoms with van der Waals surface area (Å²) in [5, 5.41) is 5.97. The summed E-state index contributed by atoms with van der Waals surface area (Å²) in [6, 6.07) is 17.0. The minimum absolute atomic E-state index is 0.256. The van der Waals surface area contributed by atoms with E-state index < -0.39 is 5.97 Å². The number of rotatable bonds is 7. The first-order valence-corrected chi connectivity index (χ1v) is 8.33. The van der Waals surface area contributed by atoms with Crippen LogP contribution in [-0.2, 0) is 14.3 Å². The van der Waals surface area contributed by atoms with Gasteiger partial charge in [0.2, 0.25) is 0 Å². The Hall–Kier alpha value is -3.02. The van der Waals surface area contributed by atoms with Gasteiger partial charge in [0.25, 0.3) is 5.91 Å². The molecule has 6 heteroatoms. The lowest BCUT2D eigenvalue weighted by Crippen LogP contribution is -2.43. The van der Waals surface area contributed by atoms with E-state index in [9.17, 15) is 9.59 Å². The van der Waals surface area contributed by atoms with Crippen LogP contribution in [0.15, 0.2) is 54.6 Å². The van der Waals surface area contributed by atoms with Crippen molar-refractivity contribution in [2.75, 3.05) is 18.5 Å². The third-order valence-electron chi connectivity index (χ3n) is 3.15. The monoisotopic (exact) mass is 356 g/mol. The van der Waals surface area contributed by atoms with E-state index in [1.54, 1.807) is 12.1 Å².